The standard InChI is InChI=1S/C26H29N5O4S.CH4/c1-4-35-24(33)23-21-17-30(25-27-12-15-36-25)13-9-22(21)31(28-23)20-7-5-6-19(16-20)8-10-26(2,34)11-14-29(3)18-32;/h5-7,12,15-16,18,34H,4,9,11,13-14,17H2,1-3H3;1H4. The zero-order chi connectivity index (χ0) is 25.7. The predicted molar refractivity (Wildman–Crippen MR) is 144 cm³/mol. The van der Waals surface area contributed by atoms with Gasteiger partial charge in [0, 0.05) is 62.2 Å². The van der Waals surface area contributed by atoms with E-state index in [0.29, 0.717) is 37.2 Å². The maximum absolute atomic E-state index is 12.8. The van der Waals surface area contributed by atoms with Crippen LogP contribution in [-0.4, -0.2) is 69.5 Å². The molecule has 0 saturated heterocycles. The lowest BCUT2D eigenvalue weighted by molar-refractivity contribution is -0.117. The maximum atomic E-state index is 12.8. The predicted octanol–water partition coefficient (Wildman–Crippen LogP) is 3.29. The molecule has 1 amide bonds. The minimum atomic E-state index is -1.24. The van der Waals surface area contributed by atoms with Crippen LogP contribution in [0.2, 0.25) is 0 Å². The Morgan fingerprint density at radius 3 is 2.92 bits per heavy atom. The number of esters is 1. The van der Waals surface area contributed by atoms with Gasteiger partial charge in [-0.05, 0) is 32.0 Å². The van der Waals surface area contributed by atoms with E-state index in [1.165, 1.54) is 4.90 Å². The normalized spacial score (nSPS) is 13.9. The number of hydrogen-bond acceptors (Lipinski definition) is 8. The van der Waals surface area contributed by atoms with Gasteiger partial charge in [0.05, 0.1) is 18.0 Å². The van der Waals surface area contributed by atoms with Gasteiger partial charge < -0.3 is 19.6 Å². The quantitative estimate of drug-likeness (QED) is 0.275. The summed E-state index contributed by atoms with van der Waals surface area (Å²) in [5.74, 6) is 5.50. The lowest BCUT2D eigenvalue weighted by Crippen LogP contribution is -2.31. The summed E-state index contributed by atoms with van der Waals surface area (Å²) in [5.41, 5.74) is 2.35. The number of benzene rings is 1. The highest BCUT2D eigenvalue weighted by Crippen LogP contribution is 2.30. The monoisotopic (exact) mass is 523 g/mol. The molecule has 1 unspecified atom stereocenters. The summed E-state index contributed by atoms with van der Waals surface area (Å²) in [6.07, 6.45) is 3.52. The van der Waals surface area contributed by atoms with Gasteiger partial charge in [0.1, 0.15) is 5.60 Å². The van der Waals surface area contributed by atoms with Crippen LogP contribution in [0.3, 0.4) is 0 Å². The van der Waals surface area contributed by atoms with Crippen molar-refractivity contribution in [1.82, 2.24) is 19.7 Å². The molecule has 37 heavy (non-hydrogen) atoms. The molecule has 1 aliphatic heterocycles. The Kier molecular flexibility index (Phi) is 9.08. The highest BCUT2D eigenvalue weighted by Gasteiger charge is 2.30. The molecular formula is C27H33N5O4S. The zero-order valence-corrected chi connectivity index (χ0v) is 21.4. The van der Waals surface area contributed by atoms with E-state index in [9.17, 15) is 14.7 Å². The zero-order valence-electron chi connectivity index (χ0n) is 20.6. The van der Waals surface area contributed by atoms with E-state index in [0.717, 1.165) is 35.0 Å². The van der Waals surface area contributed by atoms with Crippen LogP contribution in [-0.2, 0) is 22.5 Å². The summed E-state index contributed by atoms with van der Waals surface area (Å²) in [7, 11) is 1.66. The van der Waals surface area contributed by atoms with Gasteiger partial charge in [-0.25, -0.2) is 14.5 Å². The SMILES string of the molecule is C.CCOC(=O)c1nn(-c2cccc(C#CC(C)(O)CCN(C)C=O)c2)c2c1CN(c1nccs1)CC2. The number of thiazole rings is 1. The summed E-state index contributed by atoms with van der Waals surface area (Å²) in [4.78, 5) is 31.6. The lowest BCUT2D eigenvalue weighted by Gasteiger charge is -2.27. The molecule has 0 spiro atoms. The van der Waals surface area contributed by atoms with Gasteiger partial charge in [-0.3, -0.25) is 4.79 Å². The molecule has 1 atom stereocenters. The van der Waals surface area contributed by atoms with Crippen LogP contribution in [0.15, 0.2) is 35.8 Å². The van der Waals surface area contributed by atoms with Gasteiger partial charge in [-0.2, -0.15) is 5.10 Å². The average Bonchev–Trinajstić information content (AvgIpc) is 3.55. The molecule has 2 aromatic heterocycles. The second-order valence-electron chi connectivity index (χ2n) is 8.80. The number of rotatable bonds is 8. The van der Waals surface area contributed by atoms with Gasteiger partial charge in [0.25, 0.3) is 0 Å². The summed E-state index contributed by atoms with van der Waals surface area (Å²) in [5, 5.41) is 18.1. The third-order valence-corrected chi connectivity index (χ3v) is 6.75. The minimum absolute atomic E-state index is 0. The van der Waals surface area contributed by atoms with Gasteiger partial charge >= 0.3 is 5.97 Å². The Balaban J connectivity index is 0.00000380. The smallest absolute Gasteiger partial charge is 0.359 e. The van der Waals surface area contributed by atoms with Crippen LogP contribution in [0.5, 0.6) is 0 Å². The van der Waals surface area contributed by atoms with Gasteiger partial charge in [0.2, 0.25) is 6.41 Å². The van der Waals surface area contributed by atoms with Crippen molar-refractivity contribution >= 4 is 28.8 Å². The van der Waals surface area contributed by atoms with Crippen LogP contribution in [0.1, 0.15) is 55.0 Å². The highest BCUT2D eigenvalue weighted by atomic mass is 32.1. The largest absolute Gasteiger partial charge is 0.461 e. The molecule has 0 saturated carbocycles. The van der Waals surface area contributed by atoms with Crippen LogP contribution in [0, 0.1) is 11.8 Å². The van der Waals surface area contributed by atoms with Crippen LogP contribution >= 0.6 is 11.3 Å². The van der Waals surface area contributed by atoms with Crippen molar-refractivity contribution in [1.29, 1.82) is 0 Å². The first kappa shape index (κ1) is 27.9. The van der Waals surface area contributed by atoms with Crippen molar-refractivity contribution in [2.45, 2.75) is 46.3 Å². The summed E-state index contributed by atoms with van der Waals surface area (Å²) in [6, 6.07) is 7.53. The molecule has 1 aromatic carbocycles. The number of amides is 1. The maximum Gasteiger partial charge on any atom is 0.359 e. The number of nitrogens with zero attached hydrogens (tertiary/aromatic N) is 5. The van der Waals surface area contributed by atoms with E-state index in [1.54, 1.807) is 43.1 Å². The first-order chi connectivity index (χ1) is 17.3. The third kappa shape index (κ3) is 6.56. The lowest BCUT2D eigenvalue weighted by atomic mass is 10.0. The number of carbonyl (C=O) groups is 2. The average molecular weight is 524 g/mol. The van der Waals surface area contributed by atoms with Crippen molar-refractivity contribution in [2.75, 3.05) is 31.6 Å². The molecule has 3 heterocycles. The molecule has 9 nitrogen and oxygen atoms in total. The fourth-order valence-corrected chi connectivity index (χ4v) is 4.63. The van der Waals surface area contributed by atoms with E-state index >= 15 is 0 Å². The fourth-order valence-electron chi connectivity index (χ4n) is 3.96. The van der Waals surface area contributed by atoms with E-state index in [4.69, 9.17) is 4.74 Å². The molecule has 1 N–H and O–H groups in total. The van der Waals surface area contributed by atoms with E-state index in [2.05, 4.69) is 26.8 Å². The number of carbonyl (C=O) groups excluding carboxylic acids is 2. The van der Waals surface area contributed by atoms with E-state index < -0.39 is 11.6 Å². The van der Waals surface area contributed by atoms with E-state index in [-0.39, 0.29) is 14.0 Å². The second kappa shape index (κ2) is 12.0. The number of anilines is 1. The van der Waals surface area contributed by atoms with Crippen molar-refractivity contribution in [2.24, 2.45) is 0 Å². The Morgan fingerprint density at radius 2 is 2.22 bits per heavy atom. The van der Waals surface area contributed by atoms with E-state index in [1.807, 2.05) is 29.6 Å². The topological polar surface area (TPSA) is 101 Å². The molecule has 0 radical (unpaired) electrons. The molecule has 0 aliphatic carbocycles. The third-order valence-electron chi connectivity index (χ3n) is 5.91. The molecule has 10 heteroatoms. The minimum Gasteiger partial charge on any atom is -0.461 e. The summed E-state index contributed by atoms with van der Waals surface area (Å²) >= 11 is 1.56. The number of aliphatic hydroxyl groups is 1. The number of ether oxygens (including phenoxy) is 1. The molecule has 0 fully saturated rings. The number of fused-ring (bicyclic) bond motifs is 1. The van der Waals surface area contributed by atoms with Gasteiger partial charge in [0.15, 0.2) is 10.8 Å². The molecular weight excluding hydrogens is 490 g/mol. The second-order valence-corrected chi connectivity index (χ2v) is 9.68. The Bertz CT molecular complexity index is 1290. The number of aromatic nitrogens is 3. The van der Waals surface area contributed by atoms with Crippen molar-refractivity contribution in [3.8, 4) is 17.5 Å². The molecule has 196 valence electrons. The Morgan fingerprint density at radius 1 is 1.41 bits per heavy atom. The molecule has 1 aliphatic rings. The summed E-state index contributed by atoms with van der Waals surface area (Å²) < 4.78 is 7.09. The molecule has 0 bridgehead atoms. The highest BCUT2D eigenvalue weighted by molar-refractivity contribution is 7.13. The van der Waals surface area contributed by atoms with Crippen LogP contribution in [0.25, 0.3) is 5.69 Å². The Labute approximate surface area is 221 Å². The first-order valence-corrected chi connectivity index (χ1v) is 12.6. The Hall–Kier alpha value is -3.68. The van der Waals surface area contributed by atoms with Crippen LogP contribution in [0.4, 0.5) is 5.13 Å². The fraction of sp³-hybridized carbons (Fsp3) is 0.407. The first-order valence-electron chi connectivity index (χ1n) is 11.7. The van der Waals surface area contributed by atoms with Gasteiger partial charge in [-0.15, -0.1) is 11.3 Å². The molecule has 4 rings (SSSR count). The van der Waals surface area contributed by atoms with Crippen molar-refractivity contribution in [3.05, 3.63) is 58.4 Å². The number of hydrogen-bond donors (Lipinski definition) is 1. The van der Waals surface area contributed by atoms with Crippen molar-refractivity contribution in [3.63, 3.8) is 0 Å². The van der Waals surface area contributed by atoms with Crippen LogP contribution < -0.4 is 4.90 Å². The summed E-state index contributed by atoms with van der Waals surface area (Å²) in [6.45, 7) is 5.35. The van der Waals surface area contributed by atoms with Gasteiger partial charge in [-0.1, -0.05) is 25.3 Å². The molecule has 3 aromatic rings. The van der Waals surface area contributed by atoms with Crippen molar-refractivity contribution < 1.29 is 19.4 Å².